The summed E-state index contributed by atoms with van der Waals surface area (Å²) < 4.78 is 0. The fourth-order valence-electron chi connectivity index (χ4n) is 2.22. The van der Waals surface area contributed by atoms with E-state index >= 15 is 0 Å². The molecule has 3 heteroatoms. The molecule has 0 atom stereocenters. The van der Waals surface area contributed by atoms with E-state index < -0.39 is 0 Å². The molecule has 0 spiro atoms. The van der Waals surface area contributed by atoms with Crippen molar-refractivity contribution in [3.63, 3.8) is 0 Å². The lowest BCUT2D eigenvalue weighted by Crippen LogP contribution is -2.37. The fourth-order valence-corrected chi connectivity index (χ4v) is 2.22. The first-order valence-electron chi connectivity index (χ1n) is 7.17. The first kappa shape index (κ1) is 15.4. The van der Waals surface area contributed by atoms with Gasteiger partial charge in [-0.2, -0.15) is 0 Å². The molecule has 0 unspecified atom stereocenters. The topological polar surface area (TPSA) is 41.3 Å². The lowest BCUT2D eigenvalue weighted by molar-refractivity contribution is 0.273. The van der Waals surface area contributed by atoms with Crippen LogP contribution in [-0.4, -0.2) is 24.0 Å². The number of nitrogens with one attached hydrogen (secondary N) is 1. The van der Waals surface area contributed by atoms with Crippen LogP contribution in [0.3, 0.4) is 0 Å². The fraction of sp³-hybridized carbons (Fsp3) is 0.500. The number of benzene rings is 1. The molecule has 106 valence electrons. The van der Waals surface area contributed by atoms with Crippen LogP contribution < -0.4 is 11.1 Å². The first-order valence-corrected chi connectivity index (χ1v) is 7.17. The molecule has 0 aromatic heterocycles. The van der Waals surface area contributed by atoms with E-state index in [-0.39, 0.29) is 0 Å². The van der Waals surface area contributed by atoms with Crippen LogP contribution >= 0.6 is 0 Å². The van der Waals surface area contributed by atoms with Crippen LogP contribution in [0.15, 0.2) is 36.5 Å². The predicted octanol–water partition coefficient (Wildman–Crippen LogP) is 3.70. The zero-order valence-electron chi connectivity index (χ0n) is 12.4. The Morgan fingerprint density at radius 3 is 2.21 bits per heavy atom. The Labute approximate surface area is 117 Å². The number of nitrogens with two attached hydrogens (primary N) is 1. The maximum Gasteiger partial charge on any atom is 0.0343 e. The molecule has 1 heterocycles. The Bertz CT molecular complexity index is 375. The second-order valence-corrected chi connectivity index (χ2v) is 4.76. The van der Waals surface area contributed by atoms with Gasteiger partial charge in [0, 0.05) is 36.2 Å². The quantitative estimate of drug-likeness (QED) is 0.815. The number of nitrogens with zero attached hydrogens (tertiary/aromatic N) is 1. The minimum absolute atomic E-state index is 0.564. The Balaban J connectivity index is 0.000000861. The van der Waals surface area contributed by atoms with Crippen LogP contribution in [0, 0.1) is 0 Å². The maximum atomic E-state index is 5.67. The standard InChI is InChI=1S/C14H21N3.C2H6/c1-11(2)17-9-7-14(8-10-17)16-13-5-3-12(15)4-6-13;1-2/h3-6,14,16H,1,7-10,15H2,2H3;1-2H3. The summed E-state index contributed by atoms with van der Waals surface area (Å²) in [4.78, 5) is 2.35. The van der Waals surface area contributed by atoms with E-state index in [1.807, 2.05) is 38.1 Å². The molecule has 1 aromatic carbocycles. The molecule has 0 radical (unpaired) electrons. The van der Waals surface area contributed by atoms with Gasteiger partial charge in [0.15, 0.2) is 0 Å². The average molecular weight is 261 g/mol. The molecule has 0 saturated carbocycles. The molecule has 1 aliphatic rings. The number of likely N-dealkylation sites (tertiary alicyclic amines) is 1. The van der Waals surface area contributed by atoms with E-state index in [0.717, 1.165) is 37.3 Å². The molecule has 3 nitrogen and oxygen atoms in total. The highest BCUT2D eigenvalue weighted by atomic mass is 15.1. The van der Waals surface area contributed by atoms with Gasteiger partial charge in [0.2, 0.25) is 0 Å². The van der Waals surface area contributed by atoms with Crippen LogP contribution in [0.1, 0.15) is 33.6 Å². The molecule has 1 saturated heterocycles. The third kappa shape index (κ3) is 4.86. The monoisotopic (exact) mass is 261 g/mol. The van der Waals surface area contributed by atoms with E-state index in [1.165, 1.54) is 5.70 Å². The van der Waals surface area contributed by atoms with Crippen LogP contribution in [0.4, 0.5) is 11.4 Å². The number of anilines is 2. The summed E-state index contributed by atoms with van der Waals surface area (Å²) in [7, 11) is 0. The van der Waals surface area contributed by atoms with E-state index in [0.29, 0.717) is 6.04 Å². The number of hydrogen-bond donors (Lipinski definition) is 2. The SMILES string of the molecule is C=C(C)N1CCC(Nc2ccc(N)cc2)CC1.CC. The molecule has 0 bridgehead atoms. The largest absolute Gasteiger partial charge is 0.399 e. The van der Waals surface area contributed by atoms with Crippen molar-refractivity contribution < 1.29 is 0 Å². The highest BCUT2D eigenvalue weighted by Crippen LogP contribution is 2.19. The zero-order chi connectivity index (χ0) is 14.3. The Morgan fingerprint density at radius 1 is 1.21 bits per heavy atom. The summed E-state index contributed by atoms with van der Waals surface area (Å²) in [6, 6.07) is 8.52. The molecule has 1 fully saturated rings. The second kappa shape index (κ2) is 7.72. The number of rotatable bonds is 3. The molecular formula is C16H27N3. The van der Waals surface area contributed by atoms with Crippen molar-refractivity contribution in [3.05, 3.63) is 36.5 Å². The summed E-state index contributed by atoms with van der Waals surface area (Å²) in [5.74, 6) is 0. The highest BCUT2D eigenvalue weighted by molar-refractivity contribution is 5.51. The third-order valence-corrected chi connectivity index (χ3v) is 3.32. The van der Waals surface area contributed by atoms with E-state index in [4.69, 9.17) is 5.73 Å². The number of allylic oxidation sites excluding steroid dienone is 1. The molecule has 3 N–H and O–H groups in total. The van der Waals surface area contributed by atoms with Gasteiger partial charge in [-0.05, 0) is 44.0 Å². The van der Waals surface area contributed by atoms with E-state index in [2.05, 4.69) is 23.7 Å². The molecule has 1 aliphatic heterocycles. The van der Waals surface area contributed by atoms with Crippen LogP contribution in [-0.2, 0) is 0 Å². The van der Waals surface area contributed by atoms with Crippen molar-refractivity contribution in [3.8, 4) is 0 Å². The minimum Gasteiger partial charge on any atom is -0.399 e. The van der Waals surface area contributed by atoms with Gasteiger partial charge in [-0.25, -0.2) is 0 Å². The molecule has 0 amide bonds. The number of piperidine rings is 1. The Morgan fingerprint density at radius 2 is 1.74 bits per heavy atom. The highest BCUT2D eigenvalue weighted by Gasteiger charge is 2.18. The lowest BCUT2D eigenvalue weighted by atomic mass is 10.0. The summed E-state index contributed by atoms with van der Waals surface area (Å²) in [5.41, 5.74) is 8.82. The number of hydrogen-bond acceptors (Lipinski definition) is 3. The first-order chi connectivity index (χ1) is 9.15. The molecule has 1 aromatic rings. The summed E-state index contributed by atoms with van der Waals surface area (Å²) in [5, 5.41) is 3.56. The van der Waals surface area contributed by atoms with Gasteiger partial charge in [-0.1, -0.05) is 20.4 Å². The van der Waals surface area contributed by atoms with Crippen molar-refractivity contribution in [2.75, 3.05) is 24.1 Å². The molecular weight excluding hydrogens is 234 g/mol. The van der Waals surface area contributed by atoms with Gasteiger partial charge >= 0.3 is 0 Å². The Kier molecular flexibility index (Phi) is 6.26. The van der Waals surface area contributed by atoms with Gasteiger partial charge in [-0.15, -0.1) is 0 Å². The molecule has 0 aliphatic carbocycles. The van der Waals surface area contributed by atoms with Crippen LogP contribution in [0.25, 0.3) is 0 Å². The van der Waals surface area contributed by atoms with Crippen molar-refractivity contribution in [2.45, 2.75) is 39.7 Å². The third-order valence-electron chi connectivity index (χ3n) is 3.32. The van der Waals surface area contributed by atoms with E-state index in [1.54, 1.807) is 0 Å². The van der Waals surface area contributed by atoms with E-state index in [9.17, 15) is 0 Å². The maximum absolute atomic E-state index is 5.67. The van der Waals surface area contributed by atoms with Crippen molar-refractivity contribution in [2.24, 2.45) is 0 Å². The van der Waals surface area contributed by atoms with Gasteiger partial charge in [0.25, 0.3) is 0 Å². The Hall–Kier alpha value is -1.64. The zero-order valence-corrected chi connectivity index (χ0v) is 12.4. The predicted molar refractivity (Wildman–Crippen MR) is 85.2 cm³/mol. The van der Waals surface area contributed by atoms with Gasteiger partial charge in [0.1, 0.15) is 0 Å². The van der Waals surface area contributed by atoms with Crippen molar-refractivity contribution >= 4 is 11.4 Å². The lowest BCUT2D eigenvalue weighted by Gasteiger charge is -2.34. The van der Waals surface area contributed by atoms with Gasteiger partial charge in [0.05, 0.1) is 0 Å². The minimum atomic E-state index is 0.564. The summed E-state index contributed by atoms with van der Waals surface area (Å²) in [6.07, 6.45) is 2.33. The van der Waals surface area contributed by atoms with Crippen LogP contribution in [0.5, 0.6) is 0 Å². The summed E-state index contributed by atoms with van der Waals surface area (Å²) in [6.45, 7) is 12.3. The molecule has 19 heavy (non-hydrogen) atoms. The smallest absolute Gasteiger partial charge is 0.0343 e. The van der Waals surface area contributed by atoms with Crippen LogP contribution in [0.2, 0.25) is 0 Å². The normalized spacial score (nSPS) is 15.4. The second-order valence-electron chi connectivity index (χ2n) is 4.76. The van der Waals surface area contributed by atoms with Crippen molar-refractivity contribution in [1.82, 2.24) is 4.90 Å². The van der Waals surface area contributed by atoms with Gasteiger partial charge in [-0.3, -0.25) is 0 Å². The summed E-state index contributed by atoms with van der Waals surface area (Å²) >= 11 is 0. The average Bonchev–Trinajstić information content (AvgIpc) is 2.44. The van der Waals surface area contributed by atoms with Crippen molar-refractivity contribution in [1.29, 1.82) is 0 Å². The van der Waals surface area contributed by atoms with Gasteiger partial charge < -0.3 is 16.0 Å². The molecule has 2 rings (SSSR count). The number of nitrogen functional groups attached to an aromatic ring is 1.